The van der Waals surface area contributed by atoms with Gasteiger partial charge in [-0.3, -0.25) is 14.4 Å². The molecule has 1 atom stereocenters. The van der Waals surface area contributed by atoms with Crippen molar-refractivity contribution in [2.24, 2.45) is 0 Å². The van der Waals surface area contributed by atoms with Crippen molar-refractivity contribution >= 4 is 11.6 Å². The van der Waals surface area contributed by atoms with Gasteiger partial charge in [0, 0.05) is 19.9 Å². The number of para-hydroxylation sites is 1. The molecule has 11 heteroatoms. The van der Waals surface area contributed by atoms with Gasteiger partial charge < -0.3 is 14.2 Å². The van der Waals surface area contributed by atoms with E-state index in [1.54, 1.807) is 6.07 Å². The first-order valence-electron chi connectivity index (χ1n) is 7.79. The molecule has 1 amide bonds. The van der Waals surface area contributed by atoms with Crippen LogP contribution in [0.2, 0.25) is 0 Å². The summed E-state index contributed by atoms with van der Waals surface area (Å²) in [6, 6.07) is 5.36. The molecule has 7 nitrogen and oxygen atoms in total. The number of ether oxygens (including phenoxy) is 3. The topological polar surface area (TPSA) is 65.8 Å². The lowest BCUT2D eigenvalue weighted by molar-refractivity contribution is -0.141. The monoisotopic (exact) mass is 389 g/mol. The molecular weight excluding hydrogens is 374 g/mol. The van der Waals surface area contributed by atoms with E-state index in [4.69, 9.17) is 14.2 Å². The molecule has 1 unspecified atom stereocenters. The van der Waals surface area contributed by atoms with Crippen LogP contribution in [0.5, 0.6) is 11.5 Å². The van der Waals surface area contributed by atoms with Gasteiger partial charge in [-0.15, -0.1) is 0 Å². The number of carbonyl (C=O) groups is 1. The summed E-state index contributed by atoms with van der Waals surface area (Å²) in [6.07, 6.45) is -5.66. The van der Waals surface area contributed by atoms with Gasteiger partial charge in [-0.25, -0.2) is 0 Å². The van der Waals surface area contributed by atoms with E-state index < -0.39 is 24.1 Å². The van der Waals surface area contributed by atoms with E-state index in [9.17, 15) is 22.4 Å². The Labute approximate surface area is 151 Å². The number of amides is 1. The van der Waals surface area contributed by atoms with Crippen LogP contribution in [0.1, 0.15) is 5.69 Å². The number of halogens is 4. The van der Waals surface area contributed by atoms with Crippen molar-refractivity contribution in [3.8, 4) is 11.5 Å². The van der Waals surface area contributed by atoms with Gasteiger partial charge in [0.25, 0.3) is 0 Å². The fourth-order valence-corrected chi connectivity index (χ4v) is 2.56. The van der Waals surface area contributed by atoms with Crippen molar-refractivity contribution in [3.05, 3.63) is 36.2 Å². The Bertz CT molecular complexity index is 824. The first kappa shape index (κ1) is 19.0. The molecule has 0 bridgehead atoms. The Morgan fingerprint density at radius 1 is 1.26 bits per heavy atom. The summed E-state index contributed by atoms with van der Waals surface area (Å²) in [6.45, 7) is -0.347. The van der Waals surface area contributed by atoms with Crippen molar-refractivity contribution in [3.63, 3.8) is 0 Å². The molecule has 1 aromatic heterocycles. The molecule has 27 heavy (non-hydrogen) atoms. The summed E-state index contributed by atoms with van der Waals surface area (Å²) in [5.41, 5.74) is -0.875. The van der Waals surface area contributed by atoms with Crippen molar-refractivity contribution in [2.45, 2.75) is 19.1 Å². The molecule has 1 aliphatic rings. The first-order valence-corrected chi connectivity index (χ1v) is 7.79. The number of alkyl halides is 4. The highest BCUT2D eigenvalue weighted by Gasteiger charge is 2.37. The van der Waals surface area contributed by atoms with E-state index in [0.717, 1.165) is 21.8 Å². The smallest absolute Gasteiger partial charge is 0.435 e. The Morgan fingerprint density at radius 3 is 2.70 bits per heavy atom. The maximum atomic E-state index is 13.9. The number of hydrogen-bond acceptors (Lipinski definition) is 5. The zero-order valence-corrected chi connectivity index (χ0v) is 14.1. The first-order chi connectivity index (χ1) is 12.8. The van der Waals surface area contributed by atoms with E-state index in [2.05, 4.69) is 5.10 Å². The molecule has 0 aliphatic carbocycles. The minimum Gasteiger partial charge on any atom is -0.465 e. The van der Waals surface area contributed by atoms with Crippen LogP contribution in [0, 0.1) is 0 Å². The largest absolute Gasteiger partial charge is 0.465 e. The second kappa shape index (κ2) is 7.43. The molecule has 0 N–H and O–H groups in total. The molecule has 0 saturated heterocycles. The fraction of sp³-hybridized carbons (Fsp3) is 0.375. The number of rotatable bonds is 6. The van der Waals surface area contributed by atoms with Crippen LogP contribution in [-0.4, -0.2) is 42.5 Å². The predicted octanol–water partition coefficient (Wildman–Crippen LogP) is 2.61. The van der Waals surface area contributed by atoms with Crippen LogP contribution in [0.3, 0.4) is 0 Å². The highest BCUT2D eigenvalue weighted by Crippen LogP contribution is 2.42. The Balaban J connectivity index is 1.84. The van der Waals surface area contributed by atoms with Gasteiger partial charge in [0.1, 0.15) is 11.4 Å². The summed E-state index contributed by atoms with van der Waals surface area (Å²) in [5.74, 6) is -0.697. The number of anilines is 1. The lowest BCUT2D eigenvalue weighted by atomic mass is 10.2. The van der Waals surface area contributed by atoms with Crippen LogP contribution in [-0.2, 0) is 22.3 Å². The Morgan fingerprint density at radius 2 is 2.04 bits per heavy atom. The molecule has 0 fully saturated rings. The van der Waals surface area contributed by atoms with E-state index >= 15 is 0 Å². The molecular formula is C16H15F4N3O4. The van der Waals surface area contributed by atoms with Gasteiger partial charge in [-0.2, -0.15) is 22.7 Å². The highest BCUT2D eigenvalue weighted by atomic mass is 19.4. The summed E-state index contributed by atoms with van der Waals surface area (Å²) in [7, 11) is 1.41. The average molecular weight is 389 g/mol. The number of aromatic nitrogens is 2. The van der Waals surface area contributed by atoms with Crippen LogP contribution in [0.4, 0.5) is 23.2 Å². The summed E-state index contributed by atoms with van der Waals surface area (Å²) < 4.78 is 68.0. The Kier molecular flexibility index (Phi) is 5.22. The van der Waals surface area contributed by atoms with Crippen LogP contribution in [0.15, 0.2) is 30.5 Å². The maximum Gasteiger partial charge on any atom is 0.435 e. The van der Waals surface area contributed by atoms with Gasteiger partial charge in [0.2, 0.25) is 0 Å². The SMILES string of the molecule is COCOc1cccc2c1N(CCn1ccc(C(F)(F)F)n1)C(=O)C(F)O2. The predicted molar refractivity (Wildman–Crippen MR) is 84.1 cm³/mol. The molecule has 2 heterocycles. The quantitative estimate of drug-likeness (QED) is 0.561. The summed E-state index contributed by atoms with van der Waals surface area (Å²) >= 11 is 0. The Hall–Kier alpha value is -2.82. The average Bonchev–Trinajstić information content (AvgIpc) is 3.10. The zero-order valence-electron chi connectivity index (χ0n) is 14.1. The third-order valence-electron chi connectivity index (χ3n) is 3.74. The molecule has 1 aromatic carbocycles. The molecule has 3 rings (SSSR count). The van der Waals surface area contributed by atoms with E-state index in [-0.39, 0.29) is 37.1 Å². The van der Waals surface area contributed by atoms with Crippen molar-refractivity contribution in [1.82, 2.24) is 9.78 Å². The zero-order chi connectivity index (χ0) is 19.6. The number of methoxy groups -OCH3 is 1. The number of benzene rings is 1. The van der Waals surface area contributed by atoms with Crippen molar-refractivity contribution in [2.75, 3.05) is 25.3 Å². The van der Waals surface area contributed by atoms with Crippen LogP contribution >= 0.6 is 0 Å². The van der Waals surface area contributed by atoms with E-state index in [1.165, 1.54) is 19.2 Å². The van der Waals surface area contributed by atoms with E-state index in [0.29, 0.717) is 0 Å². The lowest BCUT2D eigenvalue weighted by Gasteiger charge is -2.32. The van der Waals surface area contributed by atoms with Crippen LogP contribution in [0.25, 0.3) is 0 Å². The molecule has 1 aliphatic heterocycles. The minimum absolute atomic E-state index is 0.0761. The standard InChI is InChI=1S/C16H15F4N3O4/c1-25-9-26-10-3-2-4-11-13(10)23(15(24)14(17)27-11)8-7-22-6-5-12(21-22)16(18,19)20/h2-6,14H,7-9H2,1H3. The van der Waals surface area contributed by atoms with Gasteiger partial charge in [0.05, 0.1) is 6.54 Å². The number of nitrogens with zero attached hydrogens (tertiary/aromatic N) is 3. The third kappa shape index (κ3) is 3.97. The van der Waals surface area contributed by atoms with Crippen molar-refractivity contribution in [1.29, 1.82) is 0 Å². The molecule has 0 spiro atoms. The summed E-state index contributed by atoms with van der Waals surface area (Å²) in [5, 5.41) is 3.42. The third-order valence-corrected chi connectivity index (χ3v) is 3.74. The summed E-state index contributed by atoms with van der Waals surface area (Å²) in [4.78, 5) is 13.3. The second-order valence-electron chi connectivity index (χ2n) is 5.54. The van der Waals surface area contributed by atoms with Gasteiger partial charge in [-0.05, 0) is 18.2 Å². The normalized spacial score (nSPS) is 16.9. The van der Waals surface area contributed by atoms with Crippen LogP contribution < -0.4 is 14.4 Å². The minimum atomic E-state index is -4.57. The van der Waals surface area contributed by atoms with E-state index in [1.807, 2.05) is 0 Å². The molecule has 0 radical (unpaired) electrons. The molecule has 0 saturated carbocycles. The number of carbonyl (C=O) groups excluding carboxylic acids is 1. The molecule has 146 valence electrons. The highest BCUT2D eigenvalue weighted by molar-refractivity contribution is 6.00. The number of fused-ring (bicyclic) bond motifs is 1. The lowest BCUT2D eigenvalue weighted by Crippen LogP contribution is -2.45. The van der Waals surface area contributed by atoms with Crippen molar-refractivity contribution < 1.29 is 36.6 Å². The second-order valence-corrected chi connectivity index (χ2v) is 5.54. The van der Waals surface area contributed by atoms with Gasteiger partial charge in [-0.1, -0.05) is 6.07 Å². The molecule has 2 aromatic rings. The maximum absolute atomic E-state index is 13.9. The number of hydrogen-bond donors (Lipinski definition) is 0. The fourth-order valence-electron chi connectivity index (χ4n) is 2.56. The van der Waals surface area contributed by atoms with Gasteiger partial charge in [0.15, 0.2) is 18.2 Å². The van der Waals surface area contributed by atoms with Gasteiger partial charge >= 0.3 is 18.4 Å².